The first-order valence-electron chi connectivity index (χ1n) is 4.85. The molecule has 0 bridgehead atoms. The Labute approximate surface area is 95.3 Å². The number of hydrogen-bond donors (Lipinski definition) is 2. The molecule has 0 amide bonds. The largest absolute Gasteiger partial charge is 0.370 e. The second-order valence-electron chi connectivity index (χ2n) is 3.70. The van der Waals surface area contributed by atoms with Gasteiger partial charge in [-0.1, -0.05) is 17.7 Å². The molecule has 1 aromatic carbocycles. The molecule has 0 heterocycles. The molecule has 0 aliphatic heterocycles. The zero-order valence-corrected chi connectivity index (χ0v) is 9.97. The Bertz CT molecular complexity index is 372. The number of halogens is 1. The van der Waals surface area contributed by atoms with E-state index in [0.29, 0.717) is 5.96 Å². The molecular weight excluding hydrogens is 210 g/mol. The number of hydrogen-bond acceptors (Lipinski definition) is 1. The molecule has 0 saturated heterocycles. The second-order valence-corrected chi connectivity index (χ2v) is 4.10. The molecular formula is C11H16ClN3. The van der Waals surface area contributed by atoms with Crippen molar-refractivity contribution in [3.63, 3.8) is 0 Å². The maximum atomic E-state index is 5.98. The third kappa shape index (κ3) is 3.80. The minimum Gasteiger partial charge on any atom is -0.370 e. The highest BCUT2D eigenvalue weighted by molar-refractivity contribution is 6.31. The predicted octanol–water partition coefficient (Wildman–Crippen LogP) is 2.78. The first-order chi connectivity index (χ1) is 6.99. The zero-order valence-electron chi connectivity index (χ0n) is 9.21. The average molecular weight is 226 g/mol. The van der Waals surface area contributed by atoms with Crippen LogP contribution < -0.4 is 11.1 Å². The van der Waals surface area contributed by atoms with E-state index in [1.807, 2.05) is 39.0 Å². The van der Waals surface area contributed by atoms with Crippen LogP contribution in [-0.4, -0.2) is 12.0 Å². The van der Waals surface area contributed by atoms with Crippen molar-refractivity contribution in [2.75, 3.05) is 5.32 Å². The molecule has 4 heteroatoms. The molecule has 3 nitrogen and oxygen atoms in total. The monoisotopic (exact) mass is 225 g/mol. The van der Waals surface area contributed by atoms with Crippen molar-refractivity contribution < 1.29 is 0 Å². The lowest BCUT2D eigenvalue weighted by atomic mass is 10.2. The third-order valence-electron chi connectivity index (χ3n) is 1.84. The molecule has 3 N–H and O–H groups in total. The highest BCUT2D eigenvalue weighted by Gasteiger charge is 1.99. The summed E-state index contributed by atoms with van der Waals surface area (Å²) in [6.45, 7) is 5.89. The number of nitrogens with one attached hydrogen (secondary N) is 1. The van der Waals surface area contributed by atoms with Crippen molar-refractivity contribution in [2.24, 2.45) is 10.7 Å². The number of anilines is 1. The molecule has 0 spiro atoms. The van der Waals surface area contributed by atoms with Crippen LogP contribution in [0.1, 0.15) is 19.4 Å². The van der Waals surface area contributed by atoms with Gasteiger partial charge in [0.15, 0.2) is 5.96 Å². The lowest BCUT2D eigenvalue weighted by molar-refractivity contribution is 0.833. The molecule has 0 aliphatic carbocycles. The third-order valence-corrected chi connectivity index (χ3v) is 2.25. The first kappa shape index (κ1) is 11.9. The number of benzene rings is 1. The summed E-state index contributed by atoms with van der Waals surface area (Å²) in [4.78, 5) is 4.16. The van der Waals surface area contributed by atoms with Crippen LogP contribution in [0.25, 0.3) is 0 Å². The molecule has 0 aromatic heterocycles. The topological polar surface area (TPSA) is 50.4 Å². The molecule has 0 atom stereocenters. The highest BCUT2D eigenvalue weighted by atomic mass is 35.5. The van der Waals surface area contributed by atoms with Gasteiger partial charge >= 0.3 is 0 Å². The number of guanidine groups is 1. The van der Waals surface area contributed by atoms with Gasteiger partial charge in [0.1, 0.15) is 0 Å². The maximum Gasteiger partial charge on any atom is 0.193 e. The summed E-state index contributed by atoms with van der Waals surface area (Å²) in [7, 11) is 0. The zero-order chi connectivity index (χ0) is 11.4. The van der Waals surface area contributed by atoms with Crippen molar-refractivity contribution >= 4 is 23.2 Å². The summed E-state index contributed by atoms with van der Waals surface area (Å²) in [5.74, 6) is 0.407. The molecule has 0 aliphatic rings. The Kier molecular flexibility index (Phi) is 3.97. The maximum absolute atomic E-state index is 5.98. The van der Waals surface area contributed by atoms with Gasteiger partial charge in [0.25, 0.3) is 0 Å². The Morgan fingerprint density at radius 2 is 2.13 bits per heavy atom. The number of nitrogens with two attached hydrogens (primary N) is 1. The quantitative estimate of drug-likeness (QED) is 0.601. The Balaban J connectivity index is 2.77. The van der Waals surface area contributed by atoms with Crippen molar-refractivity contribution in [2.45, 2.75) is 26.8 Å². The average Bonchev–Trinajstić information content (AvgIpc) is 2.10. The number of aryl methyl sites for hydroxylation is 1. The van der Waals surface area contributed by atoms with Gasteiger partial charge in [-0.05, 0) is 38.5 Å². The highest BCUT2D eigenvalue weighted by Crippen LogP contribution is 2.19. The van der Waals surface area contributed by atoms with Crippen molar-refractivity contribution in [1.29, 1.82) is 0 Å². The SMILES string of the molecule is Cc1ccc(NC(N)=NC(C)C)cc1Cl. The van der Waals surface area contributed by atoms with E-state index >= 15 is 0 Å². The van der Waals surface area contributed by atoms with E-state index in [9.17, 15) is 0 Å². The van der Waals surface area contributed by atoms with E-state index < -0.39 is 0 Å². The minimum absolute atomic E-state index is 0.179. The van der Waals surface area contributed by atoms with Gasteiger partial charge in [0.2, 0.25) is 0 Å². The summed E-state index contributed by atoms with van der Waals surface area (Å²) in [5.41, 5.74) is 7.59. The normalized spacial score (nSPS) is 11.9. The summed E-state index contributed by atoms with van der Waals surface area (Å²) in [6.07, 6.45) is 0. The number of nitrogens with zero attached hydrogens (tertiary/aromatic N) is 1. The molecule has 82 valence electrons. The fourth-order valence-electron chi connectivity index (χ4n) is 1.13. The number of aliphatic imine (C=N–C) groups is 1. The van der Waals surface area contributed by atoms with Crippen LogP contribution in [0.4, 0.5) is 5.69 Å². The molecule has 1 aromatic rings. The van der Waals surface area contributed by atoms with Crippen LogP contribution >= 0.6 is 11.6 Å². The molecule has 0 radical (unpaired) electrons. The van der Waals surface area contributed by atoms with E-state index in [1.165, 1.54) is 0 Å². The molecule has 0 fully saturated rings. The van der Waals surface area contributed by atoms with Crippen molar-refractivity contribution in [3.8, 4) is 0 Å². The van der Waals surface area contributed by atoms with Crippen molar-refractivity contribution in [3.05, 3.63) is 28.8 Å². The van der Waals surface area contributed by atoms with Gasteiger partial charge in [0.05, 0.1) is 0 Å². The summed E-state index contributed by atoms with van der Waals surface area (Å²) in [6, 6.07) is 5.87. The number of rotatable bonds is 2. The molecule has 15 heavy (non-hydrogen) atoms. The van der Waals surface area contributed by atoms with Gasteiger partial charge in [-0.2, -0.15) is 0 Å². The van der Waals surface area contributed by atoms with Gasteiger partial charge < -0.3 is 11.1 Å². The van der Waals surface area contributed by atoms with Gasteiger partial charge in [-0.15, -0.1) is 0 Å². The van der Waals surface area contributed by atoms with E-state index in [4.69, 9.17) is 17.3 Å². The Hall–Kier alpha value is -1.22. The van der Waals surface area contributed by atoms with E-state index in [1.54, 1.807) is 0 Å². The van der Waals surface area contributed by atoms with Crippen LogP contribution in [0.5, 0.6) is 0 Å². The van der Waals surface area contributed by atoms with E-state index in [0.717, 1.165) is 16.3 Å². The standard InChI is InChI=1S/C11H16ClN3/c1-7(2)14-11(13)15-9-5-4-8(3)10(12)6-9/h4-7H,1-3H3,(H3,13,14,15). The summed E-state index contributed by atoms with van der Waals surface area (Å²) >= 11 is 5.98. The first-order valence-corrected chi connectivity index (χ1v) is 5.23. The molecule has 1 rings (SSSR count). The van der Waals surface area contributed by atoms with Crippen LogP contribution in [0, 0.1) is 6.92 Å². The van der Waals surface area contributed by atoms with Gasteiger partial charge in [0, 0.05) is 16.8 Å². The summed E-state index contributed by atoms with van der Waals surface area (Å²) in [5, 5.41) is 3.70. The molecule has 0 saturated carbocycles. The van der Waals surface area contributed by atoms with Crippen LogP contribution in [0.15, 0.2) is 23.2 Å². The smallest absolute Gasteiger partial charge is 0.193 e. The minimum atomic E-state index is 0.179. The fourth-order valence-corrected chi connectivity index (χ4v) is 1.31. The predicted molar refractivity (Wildman–Crippen MR) is 66.6 cm³/mol. The van der Waals surface area contributed by atoms with Crippen LogP contribution in [-0.2, 0) is 0 Å². The second kappa shape index (κ2) is 5.03. The van der Waals surface area contributed by atoms with Crippen LogP contribution in [0.3, 0.4) is 0 Å². The van der Waals surface area contributed by atoms with Gasteiger partial charge in [-0.25, -0.2) is 0 Å². The van der Waals surface area contributed by atoms with E-state index in [2.05, 4.69) is 10.3 Å². The van der Waals surface area contributed by atoms with Crippen molar-refractivity contribution in [1.82, 2.24) is 0 Å². The van der Waals surface area contributed by atoms with E-state index in [-0.39, 0.29) is 6.04 Å². The Morgan fingerprint density at radius 3 is 2.67 bits per heavy atom. The van der Waals surface area contributed by atoms with Gasteiger partial charge in [-0.3, -0.25) is 4.99 Å². The molecule has 0 unspecified atom stereocenters. The lowest BCUT2D eigenvalue weighted by Gasteiger charge is -2.08. The summed E-state index contributed by atoms with van der Waals surface area (Å²) < 4.78 is 0. The van der Waals surface area contributed by atoms with Crippen LogP contribution in [0.2, 0.25) is 5.02 Å². The Morgan fingerprint density at radius 1 is 1.47 bits per heavy atom. The fraction of sp³-hybridized carbons (Fsp3) is 0.364. The lowest BCUT2D eigenvalue weighted by Crippen LogP contribution is -2.23.